The largest absolute Gasteiger partial charge is 0.321 e. The number of thiophene rings is 1. The van der Waals surface area contributed by atoms with E-state index in [2.05, 4.69) is 5.32 Å². The maximum Gasteiger partial charge on any atom is 0.265 e. The molecule has 1 aliphatic rings. The fraction of sp³-hybridized carbons (Fsp3) is 0.0417. The van der Waals surface area contributed by atoms with Gasteiger partial charge in [-0.1, -0.05) is 24.3 Å². The monoisotopic (exact) mass is 412 g/mol. The molecule has 1 aromatic heterocycles. The van der Waals surface area contributed by atoms with Crippen LogP contribution in [0.4, 0.5) is 11.4 Å². The van der Waals surface area contributed by atoms with E-state index in [1.807, 2.05) is 42.6 Å². The van der Waals surface area contributed by atoms with Crippen molar-refractivity contribution >= 4 is 51.2 Å². The van der Waals surface area contributed by atoms with E-state index in [9.17, 15) is 14.4 Å². The average Bonchev–Trinajstić information content (AvgIpc) is 3.19. The average molecular weight is 412 g/mol. The zero-order valence-electron chi connectivity index (χ0n) is 16.0. The lowest BCUT2D eigenvalue weighted by Crippen LogP contribution is -2.40. The highest BCUT2D eigenvalue weighted by molar-refractivity contribution is 7.12. The summed E-state index contributed by atoms with van der Waals surface area (Å²) in [6.07, 6.45) is 0. The smallest absolute Gasteiger partial charge is 0.265 e. The van der Waals surface area contributed by atoms with Crippen LogP contribution in [0.5, 0.6) is 0 Å². The number of hydrogen-bond donors (Lipinski definition) is 1. The van der Waals surface area contributed by atoms with Gasteiger partial charge in [-0.2, -0.15) is 0 Å². The Morgan fingerprint density at radius 3 is 2.07 bits per heavy atom. The third kappa shape index (κ3) is 2.81. The minimum atomic E-state index is -0.352. The topological polar surface area (TPSA) is 66.5 Å². The van der Waals surface area contributed by atoms with E-state index in [1.165, 1.54) is 16.2 Å². The van der Waals surface area contributed by atoms with Crippen molar-refractivity contribution in [2.75, 3.05) is 10.2 Å². The molecule has 0 bridgehead atoms. The van der Waals surface area contributed by atoms with Crippen molar-refractivity contribution in [1.29, 1.82) is 0 Å². The summed E-state index contributed by atoms with van der Waals surface area (Å²) in [4.78, 5) is 40.5. The van der Waals surface area contributed by atoms with Crippen molar-refractivity contribution < 1.29 is 14.4 Å². The van der Waals surface area contributed by atoms with Gasteiger partial charge in [-0.3, -0.25) is 14.4 Å². The van der Waals surface area contributed by atoms with Gasteiger partial charge in [-0.05, 0) is 65.7 Å². The second-order valence-corrected chi connectivity index (χ2v) is 8.00. The van der Waals surface area contributed by atoms with Crippen molar-refractivity contribution in [3.8, 4) is 0 Å². The molecule has 5 rings (SSSR count). The van der Waals surface area contributed by atoms with E-state index in [0.717, 1.165) is 10.9 Å². The summed E-state index contributed by atoms with van der Waals surface area (Å²) in [7, 11) is 0. The summed E-state index contributed by atoms with van der Waals surface area (Å²) in [6, 6.07) is 19.5. The van der Waals surface area contributed by atoms with Gasteiger partial charge in [-0.25, -0.2) is 4.90 Å². The second kappa shape index (κ2) is 6.93. The maximum absolute atomic E-state index is 13.1. The highest BCUT2D eigenvalue weighted by atomic mass is 32.1. The molecule has 6 heteroatoms. The van der Waals surface area contributed by atoms with Crippen molar-refractivity contribution in [2.24, 2.45) is 0 Å². The molecule has 2 heterocycles. The fourth-order valence-electron chi connectivity index (χ4n) is 3.75. The molecule has 3 amide bonds. The summed E-state index contributed by atoms with van der Waals surface area (Å²) < 4.78 is 0. The molecule has 0 fully saturated rings. The number of carbonyl (C=O) groups is 3. The van der Waals surface area contributed by atoms with E-state index in [0.29, 0.717) is 32.8 Å². The fourth-order valence-corrected chi connectivity index (χ4v) is 4.57. The zero-order valence-corrected chi connectivity index (χ0v) is 16.8. The molecule has 4 aromatic rings. The van der Waals surface area contributed by atoms with E-state index in [-0.39, 0.29) is 17.7 Å². The van der Waals surface area contributed by atoms with E-state index >= 15 is 0 Å². The number of imide groups is 1. The Hall–Kier alpha value is -3.77. The molecule has 1 N–H and O–H groups in total. The second-order valence-electron chi connectivity index (χ2n) is 7.09. The van der Waals surface area contributed by atoms with Gasteiger partial charge in [0.2, 0.25) is 0 Å². The summed E-state index contributed by atoms with van der Waals surface area (Å²) in [5, 5.41) is 6.29. The Morgan fingerprint density at radius 2 is 1.50 bits per heavy atom. The van der Waals surface area contributed by atoms with E-state index in [1.54, 1.807) is 36.4 Å². The summed E-state index contributed by atoms with van der Waals surface area (Å²) >= 11 is 1.38. The first-order chi connectivity index (χ1) is 14.5. The van der Waals surface area contributed by atoms with Gasteiger partial charge in [0.15, 0.2) is 0 Å². The third-order valence-electron chi connectivity index (χ3n) is 5.22. The molecule has 0 atom stereocenters. The number of hydrogen-bond acceptors (Lipinski definition) is 4. The number of anilines is 2. The van der Waals surface area contributed by atoms with Crippen LogP contribution >= 0.6 is 11.3 Å². The van der Waals surface area contributed by atoms with Crippen LogP contribution < -0.4 is 10.2 Å². The Bertz CT molecular complexity index is 1290. The van der Waals surface area contributed by atoms with Gasteiger partial charge in [0.25, 0.3) is 17.7 Å². The SMILES string of the molecule is Cc1ccsc1C(=O)Nc1ccc(N2C(=O)c3cccc4cccc(c34)C2=O)cc1. The van der Waals surface area contributed by atoms with Crippen LogP contribution in [0.25, 0.3) is 10.8 Å². The minimum absolute atomic E-state index is 0.180. The normalized spacial score (nSPS) is 13.0. The molecular weight excluding hydrogens is 396 g/mol. The number of benzene rings is 3. The summed E-state index contributed by atoms with van der Waals surface area (Å²) in [6.45, 7) is 1.89. The van der Waals surface area contributed by atoms with Crippen LogP contribution in [0, 0.1) is 6.92 Å². The van der Waals surface area contributed by atoms with Gasteiger partial charge >= 0.3 is 0 Å². The molecule has 1 aliphatic heterocycles. The van der Waals surface area contributed by atoms with E-state index < -0.39 is 0 Å². The summed E-state index contributed by atoms with van der Waals surface area (Å²) in [5.74, 6) is -0.883. The van der Waals surface area contributed by atoms with Crippen molar-refractivity contribution in [2.45, 2.75) is 6.92 Å². The lowest BCUT2D eigenvalue weighted by atomic mass is 9.94. The molecule has 0 spiro atoms. The lowest BCUT2D eigenvalue weighted by molar-refractivity contribution is 0.0892. The molecule has 0 unspecified atom stereocenters. The summed E-state index contributed by atoms with van der Waals surface area (Å²) in [5.41, 5.74) is 2.99. The molecule has 5 nitrogen and oxygen atoms in total. The lowest BCUT2D eigenvalue weighted by Gasteiger charge is -2.27. The number of amides is 3. The molecule has 3 aromatic carbocycles. The molecule has 0 aliphatic carbocycles. The maximum atomic E-state index is 13.1. The number of aryl methyl sites for hydroxylation is 1. The van der Waals surface area contributed by atoms with Crippen LogP contribution in [-0.2, 0) is 0 Å². The predicted octanol–water partition coefficient (Wildman–Crippen LogP) is 5.26. The first-order valence-corrected chi connectivity index (χ1v) is 10.3. The van der Waals surface area contributed by atoms with Crippen LogP contribution in [-0.4, -0.2) is 17.7 Å². The molecule has 0 saturated carbocycles. The third-order valence-corrected chi connectivity index (χ3v) is 6.24. The Labute approximate surface area is 176 Å². The Kier molecular flexibility index (Phi) is 4.22. The molecule has 0 radical (unpaired) electrons. The molecule has 146 valence electrons. The predicted molar refractivity (Wildman–Crippen MR) is 119 cm³/mol. The number of nitrogens with one attached hydrogen (secondary N) is 1. The van der Waals surface area contributed by atoms with Crippen molar-refractivity contribution in [1.82, 2.24) is 0 Å². The minimum Gasteiger partial charge on any atom is -0.321 e. The van der Waals surface area contributed by atoms with E-state index in [4.69, 9.17) is 0 Å². The van der Waals surface area contributed by atoms with Crippen LogP contribution in [0.1, 0.15) is 36.0 Å². The van der Waals surface area contributed by atoms with Crippen molar-refractivity contribution in [3.05, 3.63) is 93.7 Å². The van der Waals surface area contributed by atoms with Crippen LogP contribution in [0.2, 0.25) is 0 Å². The number of nitrogens with zero attached hydrogens (tertiary/aromatic N) is 1. The van der Waals surface area contributed by atoms with Gasteiger partial charge in [0.05, 0.1) is 10.6 Å². The quantitative estimate of drug-likeness (QED) is 0.467. The standard InChI is InChI=1S/C24H16N2O3S/c1-14-12-13-30-21(14)22(27)25-16-8-10-17(11-9-16)26-23(28)18-6-2-4-15-5-3-7-19(20(15)18)24(26)29/h2-13H,1H3,(H,25,27). The molecule has 30 heavy (non-hydrogen) atoms. The molecule has 0 saturated heterocycles. The Morgan fingerprint density at radius 1 is 0.867 bits per heavy atom. The zero-order chi connectivity index (χ0) is 20.8. The number of rotatable bonds is 3. The van der Waals surface area contributed by atoms with Gasteiger partial charge < -0.3 is 5.32 Å². The first kappa shape index (κ1) is 18.3. The Balaban J connectivity index is 1.46. The van der Waals surface area contributed by atoms with Crippen LogP contribution in [0.3, 0.4) is 0 Å². The van der Waals surface area contributed by atoms with Crippen molar-refractivity contribution in [3.63, 3.8) is 0 Å². The van der Waals surface area contributed by atoms with Crippen LogP contribution in [0.15, 0.2) is 72.1 Å². The first-order valence-electron chi connectivity index (χ1n) is 9.40. The van der Waals surface area contributed by atoms with Gasteiger partial charge in [0.1, 0.15) is 0 Å². The number of carbonyl (C=O) groups excluding carboxylic acids is 3. The van der Waals surface area contributed by atoms with Gasteiger partial charge in [-0.15, -0.1) is 11.3 Å². The molecular formula is C24H16N2O3S. The highest BCUT2D eigenvalue weighted by Crippen LogP contribution is 2.33. The van der Waals surface area contributed by atoms with Gasteiger partial charge in [0, 0.05) is 22.2 Å². The highest BCUT2D eigenvalue weighted by Gasteiger charge is 2.33.